The third-order valence-corrected chi connectivity index (χ3v) is 0.771. The predicted molar refractivity (Wildman–Crippen MR) is 29.3 cm³/mol. The molecular formula is C5H7NO2. The molecule has 1 aliphatic heterocycles. The summed E-state index contributed by atoms with van der Waals surface area (Å²) in [4.78, 5) is 3.57. The maximum absolute atomic E-state index is 8.62. The molecule has 0 aromatic heterocycles. The number of aliphatic imine (C=N–C) groups is 1. The van der Waals surface area contributed by atoms with E-state index in [0.717, 1.165) is 6.42 Å². The summed E-state index contributed by atoms with van der Waals surface area (Å²) in [6.07, 6.45) is 4.57. The second-order valence-electron chi connectivity index (χ2n) is 1.40. The van der Waals surface area contributed by atoms with Crippen LogP contribution in [0, 0.1) is 0 Å². The Labute approximate surface area is 47.3 Å². The first-order valence-electron chi connectivity index (χ1n) is 2.40. The van der Waals surface area contributed by atoms with Crippen molar-refractivity contribution in [1.82, 2.24) is 0 Å². The highest BCUT2D eigenvalue weighted by Crippen LogP contribution is 1.94. The van der Waals surface area contributed by atoms with E-state index >= 15 is 0 Å². The highest BCUT2D eigenvalue weighted by atomic mass is 16.6. The zero-order valence-electron chi connectivity index (χ0n) is 4.32. The second kappa shape index (κ2) is 2.47. The SMILES string of the molecule is OC1N=CCC=CO1. The van der Waals surface area contributed by atoms with Gasteiger partial charge in [0, 0.05) is 12.6 Å². The van der Waals surface area contributed by atoms with Crippen LogP contribution in [0.15, 0.2) is 17.3 Å². The smallest absolute Gasteiger partial charge is 0.297 e. The average molecular weight is 113 g/mol. The summed E-state index contributed by atoms with van der Waals surface area (Å²) in [6, 6.07) is 0. The number of hydrogen-bond donors (Lipinski definition) is 1. The van der Waals surface area contributed by atoms with Crippen molar-refractivity contribution in [3.8, 4) is 0 Å². The van der Waals surface area contributed by atoms with Gasteiger partial charge in [-0.2, -0.15) is 0 Å². The third kappa shape index (κ3) is 1.35. The largest absolute Gasteiger partial charge is 0.453 e. The molecule has 0 amide bonds. The molecule has 1 atom stereocenters. The summed E-state index contributed by atoms with van der Waals surface area (Å²) in [7, 11) is 0. The molecule has 0 saturated heterocycles. The number of hydrogen-bond acceptors (Lipinski definition) is 3. The van der Waals surface area contributed by atoms with Gasteiger partial charge in [0.1, 0.15) is 0 Å². The first-order valence-corrected chi connectivity index (χ1v) is 2.40. The van der Waals surface area contributed by atoms with Crippen molar-refractivity contribution in [2.45, 2.75) is 12.8 Å². The van der Waals surface area contributed by atoms with E-state index in [2.05, 4.69) is 9.73 Å². The molecule has 0 aliphatic carbocycles. The normalized spacial score (nSPS) is 26.9. The topological polar surface area (TPSA) is 41.8 Å². The molecule has 0 aromatic carbocycles. The zero-order valence-corrected chi connectivity index (χ0v) is 4.32. The van der Waals surface area contributed by atoms with Gasteiger partial charge in [-0.05, 0) is 6.08 Å². The Morgan fingerprint density at radius 2 is 2.62 bits per heavy atom. The van der Waals surface area contributed by atoms with Gasteiger partial charge in [-0.3, -0.25) is 0 Å². The standard InChI is InChI=1S/C5H7NO2/c7-5-6-3-1-2-4-8-5/h2-5,7H,1H2. The van der Waals surface area contributed by atoms with Gasteiger partial charge < -0.3 is 9.84 Å². The van der Waals surface area contributed by atoms with E-state index in [0.29, 0.717) is 0 Å². The van der Waals surface area contributed by atoms with E-state index in [1.165, 1.54) is 6.26 Å². The van der Waals surface area contributed by atoms with Crippen molar-refractivity contribution < 1.29 is 9.84 Å². The van der Waals surface area contributed by atoms with Gasteiger partial charge in [-0.15, -0.1) is 0 Å². The molecule has 0 spiro atoms. The van der Waals surface area contributed by atoms with E-state index in [1.54, 1.807) is 12.3 Å². The number of rotatable bonds is 0. The van der Waals surface area contributed by atoms with Crippen molar-refractivity contribution in [2.75, 3.05) is 0 Å². The van der Waals surface area contributed by atoms with Gasteiger partial charge >= 0.3 is 0 Å². The summed E-state index contributed by atoms with van der Waals surface area (Å²) in [6.45, 7) is 0. The molecule has 1 unspecified atom stereocenters. The molecule has 0 saturated carbocycles. The summed E-state index contributed by atoms with van der Waals surface area (Å²) >= 11 is 0. The molecule has 1 heterocycles. The van der Waals surface area contributed by atoms with Crippen molar-refractivity contribution in [1.29, 1.82) is 0 Å². The Kier molecular flexibility index (Phi) is 1.64. The van der Waals surface area contributed by atoms with Crippen LogP contribution in [0.1, 0.15) is 6.42 Å². The molecule has 44 valence electrons. The molecule has 8 heavy (non-hydrogen) atoms. The average Bonchev–Trinajstić information content (AvgIpc) is 1.94. The van der Waals surface area contributed by atoms with Gasteiger partial charge in [-0.1, -0.05) is 0 Å². The molecule has 1 aliphatic rings. The monoisotopic (exact) mass is 113 g/mol. The Morgan fingerprint density at radius 1 is 1.75 bits per heavy atom. The molecule has 3 nitrogen and oxygen atoms in total. The molecule has 3 heteroatoms. The van der Waals surface area contributed by atoms with Crippen LogP contribution in [0.5, 0.6) is 0 Å². The van der Waals surface area contributed by atoms with Crippen LogP contribution in [-0.4, -0.2) is 17.7 Å². The van der Waals surface area contributed by atoms with E-state index in [-0.39, 0.29) is 0 Å². The fourth-order valence-corrected chi connectivity index (χ4v) is 0.428. The molecule has 0 fully saturated rings. The summed E-state index contributed by atoms with van der Waals surface area (Å²) in [5.41, 5.74) is 0. The molecular weight excluding hydrogens is 106 g/mol. The molecule has 0 radical (unpaired) electrons. The van der Waals surface area contributed by atoms with E-state index < -0.39 is 6.41 Å². The van der Waals surface area contributed by atoms with Crippen LogP contribution in [-0.2, 0) is 4.74 Å². The first kappa shape index (κ1) is 5.31. The van der Waals surface area contributed by atoms with E-state index in [4.69, 9.17) is 5.11 Å². The van der Waals surface area contributed by atoms with Gasteiger partial charge in [-0.25, -0.2) is 4.99 Å². The highest BCUT2D eigenvalue weighted by Gasteiger charge is 1.95. The number of ether oxygens (including phenoxy) is 1. The number of allylic oxidation sites excluding steroid dienone is 1. The van der Waals surface area contributed by atoms with Gasteiger partial charge in [0.2, 0.25) is 0 Å². The van der Waals surface area contributed by atoms with Crippen molar-refractivity contribution >= 4 is 6.21 Å². The van der Waals surface area contributed by atoms with Crippen LogP contribution in [0.4, 0.5) is 0 Å². The van der Waals surface area contributed by atoms with Crippen LogP contribution < -0.4 is 0 Å². The first-order chi connectivity index (χ1) is 3.89. The highest BCUT2D eigenvalue weighted by molar-refractivity contribution is 5.59. The molecule has 1 rings (SSSR count). The lowest BCUT2D eigenvalue weighted by Crippen LogP contribution is -2.01. The van der Waals surface area contributed by atoms with Gasteiger partial charge in [0.25, 0.3) is 6.41 Å². The van der Waals surface area contributed by atoms with Crippen LogP contribution in [0.3, 0.4) is 0 Å². The molecule has 1 N–H and O–H groups in total. The van der Waals surface area contributed by atoms with Crippen molar-refractivity contribution in [2.24, 2.45) is 4.99 Å². The third-order valence-electron chi connectivity index (χ3n) is 0.771. The van der Waals surface area contributed by atoms with Crippen LogP contribution >= 0.6 is 0 Å². The van der Waals surface area contributed by atoms with Crippen molar-refractivity contribution in [3.05, 3.63) is 12.3 Å². The molecule has 0 aromatic rings. The minimum Gasteiger partial charge on any atom is -0.453 e. The van der Waals surface area contributed by atoms with Crippen LogP contribution in [0.25, 0.3) is 0 Å². The quantitative estimate of drug-likeness (QED) is 0.489. The summed E-state index contributed by atoms with van der Waals surface area (Å²) < 4.78 is 4.58. The van der Waals surface area contributed by atoms with E-state index in [1.807, 2.05) is 0 Å². The van der Waals surface area contributed by atoms with Gasteiger partial charge in [0.15, 0.2) is 0 Å². The fourth-order valence-electron chi connectivity index (χ4n) is 0.428. The predicted octanol–water partition coefficient (Wildman–Crippen LogP) is 0.267. The maximum Gasteiger partial charge on any atom is 0.297 e. The summed E-state index contributed by atoms with van der Waals surface area (Å²) in [5.74, 6) is 0. The lowest BCUT2D eigenvalue weighted by Gasteiger charge is -1.99. The van der Waals surface area contributed by atoms with Gasteiger partial charge in [0.05, 0.1) is 6.26 Å². The Morgan fingerprint density at radius 3 is 3.50 bits per heavy atom. The zero-order chi connectivity index (χ0) is 5.82. The minimum atomic E-state index is -0.992. The fraction of sp³-hybridized carbons (Fsp3) is 0.400. The molecule has 0 bridgehead atoms. The lowest BCUT2D eigenvalue weighted by atomic mass is 10.5. The Hall–Kier alpha value is -0.830. The Bertz CT molecular complexity index is 120. The lowest BCUT2D eigenvalue weighted by molar-refractivity contribution is -0.0416. The van der Waals surface area contributed by atoms with E-state index in [9.17, 15) is 0 Å². The van der Waals surface area contributed by atoms with Crippen LogP contribution in [0.2, 0.25) is 0 Å². The number of nitrogens with zero attached hydrogens (tertiary/aromatic N) is 1. The number of aliphatic hydroxyl groups excluding tert-OH is 1. The maximum atomic E-state index is 8.62. The number of aliphatic hydroxyl groups is 1. The Balaban J connectivity index is 2.48. The summed E-state index contributed by atoms with van der Waals surface area (Å²) in [5, 5.41) is 8.62. The second-order valence-corrected chi connectivity index (χ2v) is 1.40. The minimum absolute atomic E-state index is 0.733. The van der Waals surface area contributed by atoms with Crippen molar-refractivity contribution in [3.63, 3.8) is 0 Å².